The molecule has 1 atom stereocenters. The fourth-order valence-corrected chi connectivity index (χ4v) is 2.75. The number of para-hydroxylation sites is 1. The number of anilines is 1. The average Bonchev–Trinajstić information content (AvgIpc) is 2.55. The van der Waals surface area contributed by atoms with Crippen LogP contribution in [0.2, 0.25) is 0 Å². The number of hydrogen-bond acceptors (Lipinski definition) is 3. The first-order valence-electron chi connectivity index (χ1n) is 8.00. The number of amides is 2. The van der Waals surface area contributed by atoms with Gasteiger partial charge in [0.05, 0.1) is 6.42 Å². The highest BCUT2D eigenvalue weighted by Gasteiger charge is 2.15. The number of piperidine rings is 1. The van der Waals surface area contributed by atoms with E-state index < -0.39 is 0 Å². The van der Waals surface area contributed by atoms with Gasteiger partial charge in [0.25, 0.3) is 0 Å². The van der Waals surface area contributed by atoms with E-state index in [1.165, 1.54) is 12.8 Å². The maximum absolute atomic E-state index is 12.1. The highest BCUT2D eigenvalue weighted by Crippen LogP contribution is 2.17. The standard InChI is InChI=1S/C17H25N3O2/c1-18-17(22)12-13-6-2-3-8-15(13)20-16(21)10-9-14-7-4-5-11-19-14/h2-3,6,8,14,19H,4-5,7,9-12H2,1H3,(H,18,22)(H,20,21)/t14-/m1/s1. The summed E-state index contributed by atoms with van der Waals surface area (Å²) in [4.78, 5) is 23.6. The topological polar surface area (TPSA) is 70.2 Å². The van der Waals surface area contributed by atoms with Crippen molar-refractivity contribution in [3.8, 4) is 0 Å². The van der Waals surface area contributed by atoms with Gasteiger partial charge < -0.3 is 16.0 Å². The number of carbonyl (C=O) groups excluding carboxylic acids is 2. The minimum absolute atomic E-state index is 0.0109. The zero-order valence-electron chi connectivity index (χ0n) is 13.2. The van der Waals surface area contributed by atoms with Crippen LogP contribution in [0.1, 0.15) is 37.7 Å². The predicted molar refractivity (Wildman–Crippen MR) is 87.7 cm³/mol. The summed E-state index contributed by atoms with van der Waals surface area (Å²) < 4.78 is 0. The van der Waals surface area contributed by atoms with E-state index in [1.54, 1.807) is 7.05 Å². The van der Waals surface area contributed by atoms with Crippen molar-refractivity contribution in [1.29, 1.82) is 0 Å². The summed E-state index contributed by atoms with van der Waals surface area (Å²) in [6.07, 6.45) is 5.27. The molecule has 5 heteroatoms. The van der Waals surface area contributed by atoms with E-state index in [-0.39, 0.29) is 18.2 Å². The number of rotatable bonds is 6. The Kier molecular flexibility index (Phi) is 6.40. The summed E-state index contributed by atoms with van der Waals surface area (Å²) in [6, 6.07) is 7.91. The number of benzene rings is 1. The van der Waals surface area contributed by atoms with E-state index in [1.807, 2.05) is 24.3 Å². The van der Waals surface area contributed by atoms with Crippen molar-refractivity contribution in [2.45, 2.75) is 44.6 Å². The lowest BCUT2D eigenvalue weighted by molar-refractivity contribution is -0.120. The Labute approximate surface area is 131 Å². The second-order valence-electron chi connectivity index (χ2n) is 5.74. The van der Waals surface area contributed by atoms with E-state index in [0.29, 0.717) is 12.5 Å². The summed E-state index contributed by atoms with van der Waals surface area (Å²) >= 11 is 0. The third kappa shape index (κ3) is 5.15. The van der Waals surface area contributed by atoms with Gasteiger partial charge in [0, 0.05) is 25.2 Å². The van der Waals surface area contributed by atoms with Gasteiger partial charge in [-0.1, -0.05) is 24.6 Å². The molecule has 3 N–H and O–H groups in total. The smallest absolute Gasteiger partial charge is 0.224 e. The van der Waals surface area contributed by atoms with Crippen LogP contribution in [-0.4, -0.2) is 31.4 Å². The summed E-state index contributed by atoms with van der Waals surface area (Å²) in [7, 11) is 1.61. The SMILES string of the molecule is CNC(=O)Cc1ccccc1NC(=O)CC[C@H]1CCCCN1. The van der Waals surface area contributed by atoms with Gasteiger partial charge in [-0.3, -0.25) is 9.59 Å². The monoisotopic (exact) mass is 303 g/mol. The molecule has 0 bridgehead atoms. The third-order valence-electron chi connectivity index (χ3n) is 4.05. The molecule has 1 fully saturated rings. The van der Waals surface area contributed by atoms with E-state index in [0.717, 1.165) is 30.6 Å². The third-order valence-corrected chi connectivity index (χ3v) is 4.05. The number of carbonyl (C=O) groups is 2. The highest BCUT2D eigenvalue weighted by atomic mass is 16.2. The average molecular weight is 303 g/mol. The van der Waals surface area contributed by atoms with Crippen molar-refractivity contribution in [1.82, 2.24) is 10.6 Å². The molecule has 0 radical (unpaired) electrons. The van der Waals surface area contributed by atoms with E-state index >= 15 is 0 Å². The first-order chi connectivity index (χ1) is 10.7. The minimum Gasteiger partial charge on any atom is -0.359 e. The van der Waals surface area contributed by atoms with Crippen molar-refractivity contribution in [2.75, 3.05) is 18.9 Å². The van der Waals surface area contributed by atoms with E-state index in [9.17, 15) is 9.59 Å². The van der Waals surface area contributed by atoms with Crippen LogP contribution in [0.25, 0.3) is 0 Å². The van der Waals surface area contributed by atoms with Crippen LogP contribution in [0.4, 0.5) is 5.69 Å². The molecule has 0 aromatic heterocycles. The maximum Gasteiger partial charge on any atom is 0.224 e. The molecule has 1 saturated heterocycles. The lowest BCUT2D eigenvalue weighted by atomic mass is 10.0. The van der Waals surface area contributed by atoms with Crippen LogP contribution in [-0.2, 0) is 16.0 Å². The normalized spacial score (nSPS) is 17.8. The molecule has 0 aliphatic carbocycles. The van der Waals surface area contributed by atoms with Crippen molar-refractivity contribution in [3.63, 3.8) is 0 Å². The molecule has 2 amide bonds. The Morgan fingerprint density at radius 3 is 2.77 bits per heavy atom. The van der Waals surface area contributed by atoms with Gasteiger partial charge in [-0.05, 0) is 37.4 Å². The lowest BCUT2D eigenvalue weighted by Crippen LogP contribution is -2.34. The van der Waals surface area contributed by atoms with Crippen molar-refractivity contribution >= 4 is 17.5 Å². The molecule has 0 spiro atoms. The fraction of sp³-hybridized carbons (Fsp3) is 0.529. The van der Waals surface area contributed by atoms with Crippen LogP contribution in [0.5, 0.6) is 0 Å². The maximum atomic E-state index is 12.1. The Balaban J connectivity index is 1.86. The zero-order valence-corrected chi connectivity index (χ0v) is 13.2. The van der Waals surface area contributed by atoms with Crippen LogP contribution in [0.15, 0.2) is 24.3 Å². The van der Waals surface area contributed by atoms with Gasteiger partial charge in [0.15, 0.2) is 0 Å². The van der Waals surface area contributed by atoms with Crippen LogP contribution in [0, 0.1) is 0 Å². The minimum atomic E-state index is -0.0619. The molecule has 1 aromatic carbocycles. The van der Waals surface area contributed by atoms with Crippen LogP contribution >= 0.6 is 0 Å². The summed E-state index contributed by atoms with van der Waals surface area (Å²) in [6.45, 7) is 1.06. The molecule has 1 aromatic rings. The molecule has 0 saturated carbocycles. The van der Waals surface area contributed by atoms with Gasteiger partial charge in [0.1, 0.15) is 0 Å². The molecule has 1 aliphatic heterocycles. The fourth-order valence-electron chi connectivity index (χ4n) is 2.75. The molecule has 1 aliphatic rings. The molecule has 5 nitrogen and oxygen atoms in total. The van der Waals surface area contributed by atoms with Crippen molar-refractivity contribution in [3.05, 3.63) is 29.8 Å². The van der Waals surface area contributed by atoms with Gasteiger partial charge in [-0.25, -0.2) is 0 Å². The van der Waals surface area contributed by atoms with Crippen LogP contribution in [0.3, 0.4) is 0 Å². The second-order valence-corrected chi connectivity index (χ2v) is 5.74. The Morgan fingerprint density at radius 2 is 2.05 bits per heavy atom. The van der Waals surface area contributed by atoms with Crippen LogP contribution < -0.4 is 16.0 Å². The highest BCUT2D eigenvalue weighted by molar-refractivity contribution is 5.92. The molecule has 2 rings (SSSR count). The van der Waals surface area contributed by atoms with Crippen molar-refractivity contribution < 1.29 is 9.59 Å². The molecule has 22 heavy (non-hydrogen) atoms. The predicted octanol–water partition coefficient (Wildman–Crippen LogP) is 1.84. The Morgan fingerprint density at radius 1 is 1.23 bits per heavy atom. The summed E-state index contributed by atoms with van der Waals surface area (Å²) in [5.74, 6) is -0.0511. The molecule has 0 unspecified atom stereocenters. The Bertz CT molecular complexity index is 510. The van der Waals surface area contributed by atoms with Gasteiger partial charge in [-0.2, -0.15) is 0 Å². The zero-order chi connectivity index (χ0) is 15.8. The number of hydrogen-bond donors (Lipinski definition) is 3. The molecule has 120 valence electrons. The largest absolute Gasteiger partial charge is 0.359 e. The van der Waals surface area contributed by atoms with E-state index in [2.05, 4.69) is 16.0 Å². The molecular weight excluding hydrogens is 278 g/mol. The quantitative estimate of drug-likeness (QED) is 0.751. The van der Waals surface area contributed by atoms with E-state index in [4.69, 9.17) is 0 Å². The molecule has 1 heterocycles. The van der Waals surface area contributed by atoms with Crippen molar-refractivity contribution in [2.24, 2.45) is 0 Å². The van der Waals surface area contributed by atoms with Gasteiger partial charge in [0.2, 0.25) is 11.8 Å². The summed E-state index contributed by atoms with van der Waals surface area (Å²) in [5.41, 5.74) is 1.57. The summed E-state index contributed by atoms with van der Waals surface area (Å²) in [5, 5.41) is 8.99. The van der Waals surface area contributed by atoms with Gasteiger partial charge >= 0.3 is 0 Å². The molecular formula is C17H25N3O2. The first-order valence-corrected chi connectivity index (χ1v) is 8.00. The second kappa shape index (κ2) is 8.54. The lowest BCUT2D eigenvalue weighted by Gasteiger charge is -2.23. The Hall–Kier alpha value is -1.88. The number of likely N-dealkylation sites (N-methyl/N-ethyl adjacent to an activating group) is 1. The first kappa shape index (κ1) is 16.5. The van der Waals surface area contributed by atoms with Gasteiger partial charge in [-0.15, -0.1) is 0 Å². The number of nitrogens with one attached hydrogen (secondary N) is 3.